The fourth-order valence-corrected chi connectivity index (χ4v) is 1.70. The lowest BCUT2D eigenvalue weighted by atomic mass is 9.90. The van der Waals surface area contributed by atoms with Gasteiger partial charge in [0.1, 0.15) is 11.2 Å². The van der Waals surface area contributed by atoms with E-state index in [-0.39, 0.29) is 5.91 Å². The second-order valence-electron chi connectivity index (χ2n) is 4.88. The Morgan fingerprint density at radius 2 is 1.95 bits per heavy atom. The van der Waals surface area contributed by atoms with E-state index in [1.165, 1.54) is 0 Å². The zero-order valence-corrected chi connectivity index (χ0v) is 12.1. The quantitative estimate of drug-likeness (QED) is 0.826. The minimum absolute atomic E-state index is 0.199. The Kier molecular flexibility index (Phi) is 4.69. The lowest BCUT2D eigenvalue weighted by molar-refractivity contribution is -0.146. The molecule has 106 valence electrons. The predicted octanol–water partition coefficient (Wildman–Crippen LogP) is 1.82. The number of aryl methyl sites for hydroxylation is 1. The van der Waals surface area contributed by atoms with Gasteiger partial charge in [-0.3, -0.25) is 9.59 Å². The van der Waals surface area contributed by atoms with Gasteiger partial charge in [-0.25, -0.2) is 0 Å². The summed E-state index contributed by atoms with van der Waals surface area (Å²) in [5.41, 5.74) is -1.14. The molecule has 1 N–H and O–H groups in total. The fraction of sp³-hybridized carbons (Fsp3) is 0.615. The van der Waals surface area contributed by atoms with Crippen molar-refractivity contribution in [3.05, 3.63) is 11.8 Å². The number of aromatic nitrogens is 1. The Balaban J connectivity index is 2.81. The zero-order valence-electron chi connectivity index (χ0n) is 12.1. The maximum absolute atomic E-state index is 12.3. The van der Waals surface area contributed by atoms with Crippen LogP contribution in [0.25, 0.3) is 0 Å². The van der Waals surface area contributed by atoms with Crippen LogP contribution in [0.5, 0.6) is 0 Å². The van der Waals surface area contributed by atoms with E-state index in [1.807, 2.05) is 13.8 Å². The van der Waals surface area contributed by atoms with E-state index in [9.17, 15) is 9.59 Å². The maximum atomic E-state index is 12.3. The number of anilines is 1. The van der Waals surface area contributed by atoms with Crippen LogP contribution in [-0.2, 0) is 9.59 Å². The van der Waals surface area contributed by atoms with Crippen molar-refractivity contribution in [2.45, 2.75) is 34.6 Å². The first-order chi connectivity index (χ1) is 8.82. The normalized spacial score (nSPS) is 11.2. The number of carbonyl (C=O) groups excluding carboxylic acids is 2. The number of hydrogen-bond donors (Lipinski definition) is 1. The van der Waals surface area contributed by atoms with Gasteiger partial charge in [0.15, 0.2) is 5.82 Å². The van der Waals surface area contributed by atoms with Crippen LogP contribution < -0.4 is 5.32 Å². The molecule has 1 rings (SSSR count). The highest BCUT2D eigenvalue weighted by Gasteiger charge is 2.38. The van der Waals surface area contributed by atoms with Crippen LogP contribution in [0, 0.1) is 12.3 Å². The summed E-state index contributed by atoms with van der Waals surface area (Å²) >= 11 is 0. The molecule has 1 heterocycles. The summed E-state index contributed by atoms with van der Waals surface area (Å²) < 4.78 is 4.87. The highest BCUT2D eigenvalue weighted by molar-refractivity contribution is 6.09. The first kappa shape index (κ1) is 15.2. The lowest BCUT2D eigenvalue weighted by Crippen LogP contribution is -2.47. The highest BCUT2D eigenvalue weighted by Crippen LogP contribution is 2.21. The Bertz CT molecular complexity index is 461. The van der Waals surface area contributed by atoms with E-state index in [2.05, 4.69) is 10.5 Å². The van der Waals surface area contributed by atoms with Crippen LogP contribution in [0.4, 0.5) is 5.82 Å². The second-order valence-corrected chi connectivity index (χ2v) is 4.88. The lowest BCUT2D eigenvalue weighted by Gasteiger charge is -2.29. The van der Waals surface area contributed by atoms with Crippen molar-refractivity contribution in [2.75, 3.05) is 18.4 Å². The van der Waals surface area contributed by atoms with Crippen molar-refractivity contribution in [3.8, 4) is 0 Å². The third-order valence-corrected chi connectivity index (χ3v) is 3.02. The molecule has 2 amide bonds. The zero-order chi connectivity index (χ0) is 14.6. The Morgan fingerprint density at radius 1 is 1.37 bits per heavy atom. The van der Waals surface area contributed by atoms with Gasteiger partial charge in [-0.15, -0.1) is 0 Å². The summed E-state index contributed by atoms with van der Waals surface area (Å²) in [5, 5.41) is 6.28. The Hall–Kier alpha value is -1.85. The number of nitrogens with one attached hydrogen (secondary N) is 1. The molecule has 0 saturated carbocycles. The molecule has 19 heavy (non-hydrogen) atoms. The monoisotopic (exact) mass is 267 g/mol. The molecule has 0 saturated heterocycles. The molecule has 0 aromatic carbocycles. The first-order valence-corrected chi connectivity index (χ1v) is 6.37. The molecular weight excluding hydrogens is 246 g/mol. The van der Waals surface area contributed by atoms with Crippen LogP contribution in [0.3, 0.4) is 0 Å². The van der Waals surface area contributed by atoms with Gasteiger partial charge in [-0.05, 0) is 34.6 Å². The molecule has 0 unspecified atom stereocenters. The summed E-state index contributed by atoms with van der Waals surface area (Å²) in [6.07, 6.45) is 0. The predicted molar refractivity (Wildman–Crippen MR) is 71.6 cm³/mol. The van der Waals surface area contributed by atoms with Gasteiger partial charge in [0.05, 0.1) is 0 Å². The van der Waals surface area contributed by atoms with Crippen LogP contribution in [0.1, 0.15) is 33.5 Å². The Morgan fingerprint density at radius 3 is 2.37 bits per heavy atom. The van der Waals surface area contributed by atoms with Crippen molar-refractivity contribution < 1.29 is 14.1 Å². The summed E-state index contributed by atoms with van der Waals surface area (Å²) in [6.45, 7) is 9.87. The molecule has 0 radical (unpaired) electrons. The SMILES string of the molecule is CCN(CC)C(=O)C(C)(C)C(=O)Nc1cc(C)on1. The standard InChI is InChI=1S/C13H21N3O3/c1-6-16(7-2)12(18)13(4,5)11(17)14-10-8-9(3)19-15-10/h8H,6-7H2,1-5H3,(H,14,15,17). The van der Waals surface area contributed by atoms with Crippen molar-refractivity contribution in [3.63, 3.8) is 0 Å². The third kappa shape index (κ3) is 3.33. The minimum Gasteiger partial charge on any atom is -0.360 e. The number of carbonyl (C=O) groups is 2. The van der Waals surface area contributed by atoms with E-state index in [0.29, 0.717) is 24.7 Å². The smallest absolute Gasteiger partial charge is 0.240 e. The molecule has 0 bridgehead atoms. The van der Waals surface area contributed by atoms with Gasteiger partial charge in [0, 0.05) is 19.2 Å². The Labute approximate surface area is 113 Å². The second kappa shape index (κ2) is 5.86. The van der Waals surface area contributed by atoms with E-state index < -0.39 is 11.3 Å². The highest BCUT2D eigenvalue weighted by atomic mass is 16.5. The largest absolute Gasteiger partial charge is 0.360 e. The van der Waals surface area contributed by atoms with Gasteiger partial charge in [0.2, 0.25) is 11.8 Å². The fourth-order valence-electron chi connectivity index (χ4n) is 1.70. The van der Waals surface area contributed by atoms with Gasteiger partial charge < -0.3 is 14.7 Å². The maximum Gasteiger partial charge on any atom is 0.240 e. The van der Waals surface area contributed by atoms with Gasteiger partial charge in [-0.2, -0.15) is 0 Å². The molecule has 0 aliphatic rings. The van der Waals surface area contributed by atoms with Crippen LogP contribution in [0.15, 0.2) is 10.6 Å². The van der Waals surface area contributed by atoms with Crippen LogP contribution in [-0.4, -0.2) is 35.0 Å². The van der Waals surface area contributed by atoms with E-state index in [4.69, 9.17) is 4.52 Å². The molecule has 0 spiro atoms. The van der Waals surface area contributed by atoms with Gasteiger partial charge in [0.25, 0.3) is 0 Å². The van der Waals surface area contributed by atoms with Crippen LogP contribution in [0.2, 0.25) is 0 Å². The summed E-state index contributed by atoms with van der Waals surface area (Å²) in [4.78, 5) is 26.1. The van der Waals surface area contributed by atoms with Gasteiger partial charge in [-0.1, -0.05) is 5.16 Å². The van der Waals surface area contributed by atoms with Crippen molar-refractivity contribution in [2.24, 2.45) is 5.41 Å². The van der Waals surface area contributed by atoms with E-state index in [1.54, 1.807) is 31.7 Å². The van der Waals surface area contributed by atoms with Crippen molar-refractivity contribution >= 4 is 17.6 Å². The average Bonchev–Trinajstić information content (AvgIpc) is 2.76. The van der Waals surface area contributed by atoms with Crippen LogP contribution >= 0.6 is 0 Å². The topological polar surface area (TPSA) is 75.4 Å². The first-order valence-electron chi connectivity index (χ1n) is 6.37. The van der Waals surface area contributed by atoms with E-state index in [0.717, 1.165) is 0 Å². The molecule has 1 aromatic rings. The molecule has 0 atom stereocenters. The summed E-state index contributed by atoms with van der Waals surface area (Å²) in [7, 11) is 0. The van der Waals surface area contributed by atoms with E-state index >= 15 is 0 Å². The molecule has 6 heteroatoms. The molecule has 0 aliphatic heterocycles. The molecule has 6 nitrogen and oxygen atoms in total. The van der Waals surface area contributed by atoms with Gasteiger partial charge >= 0.3 is 0 Å². The number of rotatable bonds is 5. The van der Waals surface area contributed by atoms with Crippen molar-refractivity contribution in [1.29, 1.82) is 0 Å². The number of nitrogens with zero attached hydrogens (tertiary/aromatic N) is 2. The molecule has 0 fully saturated rings. The summed E-state index contributed by atoms with van der Waals surface area (Å²) in [6, 6.07) is 1.61. The minimum atomic E-state index is -1.14. The van der Waals surface area contributed by atoms with Crippen molar-refractivity contribution in [1.82, 2.24) is 10.1 Å². The number of amides is 2. The average molecular weight is 267 g/mol. The third-order valence-electron chi connectivity index (χ3n) is 3.02. The molecule has 0 aliphatic carbocycles. The molecule has 1 aromatic heterocycles. The number of hydrogen-bond acceptors (Lipinski definition) is 4. The molecular formula is C13H21N3O3. The summed E-state index contributed by atoms with van der Waals surface area (Å²) in [5.74, 6) is 0.332.